The fraction of sp³-hybridized carbons (Fsp3) is 0.211. The van der Waals surface area contributed by atoms with E-state index in [-0.39, 0.29) is 17.0 Å². The summed E-state index contributed by atoms with van der Waals surface area (Å²) in [5.41, 5.74) is -0.420. The highest BCUT2D eigenvalue weighted by atomic mass is 32.2. The van der Waals surface area contributed by atoms with Gasteiger partial charge in [0.25, 0.3) is 5.69 Å². The van der Waals surface area contributed by atoms with Crippen molar-refractivity contribution in [3.05, 3.63) is 57.6 Å². The summed E-state index contributed by atoms with van der Waals surface area (Å²) < 4.78 is 28.2. The van der Waals surface area contributed by atoms with Gasteiger partial charge in [0.2, 0.25) is 5.91 Å². The quantitative estimate of drug-likeness (QED) is 0.204. The van der Waals surface area contributed by atoms with Gasteiger partial charge in [-0.1, -0.05) is 6.07 Å². The smallest absolute Gasteiger partial charge is 0.338 e. The number of carbonyl (C=O) groups is 3. The maximum absolute atomic E-state index is 12.4. The zero-order valence-corrected chi connectivity index (χ0v) is 18.3. The number of carbonyl (C=O) groups excluding carboxylic acids is 3. The standard InChI is InChI=1S/C19H18N2O8S2/c1-11(22)20-14-8-12(4-6-17(14)30-2)16(23)10-29-19(24)13-5-7-18(31(3,27)28)15(9-13)21(25)26/h4-9H,10H2,1-3H3,(H,20,22). The SMILES string of the molecule is CSc1ccc(C(=O)COC(=O)c2ccc(S(C)(=O)=O)c([N+](=O)[O-])c2)cc1NC(C)=O. The monoisotopic (exact) mass is 466 g/mol. The fourth-order valence-corrected chi connectivity index (χ4v) is 3.93. The number of nitrogens with zero attached hydrogens (tertiary/aromatic N) is 1. The average Bonchev–Trinajstić information content (AvgIpc) is 2.70. The van der Waals surface area contributed by atoms with Crippen molar-refractivity contribution in [3.63, 3.8) is 0 Å². The minimum Gasteiger partial charge on any atom is -0.454 e. The molecule has 10 nitrogen and oxygen atoms in total. The third kappa shape index (κ3) is 6.12. The van der Waals surface area contributed by atoms with Crippen LogP contribution in [0.4, 0.5) is 11.4 Å². The zero-order chi connectivity index (χ0) is 23.3. The number of hydrogen-bond acceptors (Lipinski definition) is 9. The Bertz CT molecular complexity index is 1180. The maximum Gasteiger partial charge on any atom is 0.338 e. The van der Waals surface area contributed by atoms with Crippen molar-refractivity contribution in [2.45, 2.75) is 16.7 Å². The van der Waals surface area contributed by atoms with E-state index in [0.29, 0.717) is 5.69 Å². The molecule has 0 spiro atoms. The molecule has 0 aliphatic rings. The largest absolute Gasteiger partial charge is 0.454 e. The number of ketones is 1. The van der Waals surface area contributed by atoms with E-state index in [9.17, 15) is 32.9 Å². The van der Waals surface area contributed by atoms with Crippen LogP contribution in [0.15, 0.2) is 46.2 Å². The fourth-order valence-electron chi connectivity index (χ4n) is 2.57. The summed E-state index contributed by atoms with van der Waals surface area (Å²) in [6, 6.07) is 7.39. The normalized spacial score (nSPS) is 10.9. The van der Waals surface area contributed by atoms with E-state index in [0.717, 1.165) is 29.4 Å². The molecule has 164 valence electrons. The Labute approximate surface area is 182 Å². The molecule has 0 aliphatic carbocycles. The van der Waals surface area contributed by atoms with Crippen LogP contribution in [0.2, 0.25) is 0 Å². The first-order chi connectivity index (χ1) is 14.4. The molecule has 0 bridgehead atoms. The number of sulfone groups is 1. The molecule has 2 aromatic rings. The molecule has 0 saturated carbocycles. The van der Waals surface area contributed by atoms with Crippen LogP contribution >= 0.6 is 11.8 Å². The number of Topliss-reactive ketones (excluding diaryl/α,β-unsaturated/α-hetero) is 1. The molecule has 0 aromatic heterocycles. The summed E-state index contributed by atoms with van der Waals surface area (Å²) in [6.45, 7) is 0.674. The number of hydrogen-bond donors (Lipinski definition) is 1. The molecule has 2 aromatic carbocycles. The number of nitro groups is 1. The number of thioether (sulfide) groups is 1. The Balaban J connectivity index is 2.19. The number of amides is 1. The lowest BCUT2D eigenvalue weighted by Gasteiger charge is -2.10. The predicted octanol–water partition coefficient (Wildman–Crippen LogP) is 2.72. The molecule has 1 N–H and O–H groups in total. The first kappa shape index (κ1) is 24.0. The van der Waals surface area contributed by atoms with Gasteiger partial charge in [-0.2, -0.15) is 0 Å². The van der Waals surface area contributed by atoms with Gasteiger partial charge in [-0.25, -0.2) is 13.2 Å². The molecular formula is C19H18N2O8S2. The number of ether oxygens (including phenoxy) is 1. The number of anilines is 1. The molecule has 2 rings (SSSR count). The number of esters is 1. The van der Waals surface area contributed by atoms with Gasteiger partial charge in [0.15, 0.2) is 22.2 Å². The molecule has 0 aliphatic heterocycles. The van der Waals surface area contributed by atoms with Crippen molar-refractivity contribution in [1.82, 2.24) is 0 Å². The Morgan fingerprint density at radius 2 is 1.77 bits per heavy atom. The van der Waals surface area contributed by atoms with Gasteiger partial charge in [-0.05, 0) is 30.5 Å². The maximum atomic E-state index is 12.4. The van der Waals surface area contributed by atoms with E-state index in [1.54, 1.807) is 12.3 Å². The van der Waals surface area contributed by atoms with Crippen LogP contribution in [0.3, 0.4) is 0 Å². The minimum absolute atomic E-state index is 0.188. The average molecular weight is 466 g/mol. The highest BCUT2D eigenvalue weighted by Gasteiger charge is 2.25. The summed E-state index contributed by atoms with van der Waals surface area (Å²) in [5.74, 6) is -1.90. The van der Waals surface area contributed by atoms with E-state index in [2.05, 4.69) is 5.32 Å². The molecule has 1 amide bonds. The lowest BCUT2D eigenvalue weighted by molar-refractivity contribution is -0.387. The second-order valence-corrected chi connectivity index (χ2v) is 9.14. The zero-order valence-electron chi connectivity index (χ0n) is 16.7. The molecule has 0 saturated heterocycles. The van der Waals surface area contributed by atoms with Crippen LogP contribution in [0, 0.1) is 10.1 Å². The second kappa shape index (κ2) is 9.71. The second-order valence-electron chi connectivity index (χ2n) is 6.31. The van der Waals surface area contributed by atoms with Crippen LogP contribution in [-0.2, 0) is 19.4 Å². The van der Waals surface area contributed by atoms with Crippen molar-refractivity contribution < 1.29 is 32.5 Å². The van der Waals surface area contributed by atoms with Gasteiger partial charge in [-0.3, -0.25) is 19.7 Å². The van der Waals surface area contributed by atoms with Gasteiger partial charge in [0.1, 0.15) is 4.90 Å². The summed E-state index contributed by atoms with van der Waals surface area (Å²) in [5, 5.41) is 13.8. The van der Waals surface area contributed by atoms with E-state index in [4.69, 9.17) is 4.74 Å². The van der Waals surface area contributed by atoms with Crippen molar-refractivity contribution in [2.75, 3.05) is 24.4 Å². The number of benzene rings is 2. The Morgan fingerprint density at radius 3 is 2.32 bits per heavy atom. The summed E-state index contributed by atoms with van der Waals surface area (Å²) in [4.78, 5) is 46.4. The number of nitro benzene ring substituents is 1. The van der Waals surface area contributed by atoms with Crippen LogP contribution in [-0.4, -0.2) is 50.1 Å². The van der Waals surface area contributed by atoms with Gasteiger partial charge >= 0.3 is 5.97 Å². The van der Waals surface area contributed by atoms with Gasteiger partial charge < -0.3 is 10.1 Å². The van der Waals surface area contributed by atoms with Crippen LogP contribution in [0.5, 0.6) is 0 Å². The molecule has 0 radical (unpaired) electrons. The van der Waals surface area contributed by atoms with Gasteiger partial charge in [-0.15, -0.1) is 11.8 Å². The lowest BCUT2D eigenvalue weighted by atomic mass is 10.1. The highest BCUT2D eigenvalue weighted by Crippen LogP contribution is 2.27. The molecule has 0 fully saturated rings. The van der Waals surface area contributed by atoms with Crippen LogP contribution in [0.1, 0.15) is 27.6 Å². The van der Waals surface area contributed by atoms with Crippen molar-refractivity contribution in [2.24, 2.45) is 0 Å². The molecule has 0 heterocycles. The summed E-state index contributed by atoms with van der Waals surface area (Å²) in [6.07, 6.45) is 2.61. The highest BCUT2D eigenvalue weighted by molar-refractivity contribution is 7.98. The first-order valence-corrected chi connectivity index (χ1v) is 11.7. The molecular weight excluding hydrogens is 448 g/mol. The Kier molecular flexibility index (Phi) is 7.52. The molecule has 31 heavy (non-hydrogen) atoms. The van der Waals surface area contributed by atoms with E-state index < -0.39 is 43.7 Å². The van der Waals surface area contributed by atoms with Gasteiger partial charge in [0.05, 0.1) is 16.2 Å². The van der Waals surface area contributed by atoms with Crippen LogP contribution < -0.4 is 5.32 Å². The third-order valence-corrected chi connectivity index (χ3v) is 5.90. The molecule has 0 atom stereocenters. The Hall–Kier alpha value is -3.25. The molecule has 12 heteroatoms. The molecule has 0 unspecified atom stereocenters. The lowest BCUT2D eigenvalue weighted by Crippen LogP contribution is -2.15. The van der Waals surface area contributed by atoms with Crippen molar-refractivity contribution in [3.8, 4) is 0 Å². The first-order valence-electron chi connectivity index (χ1n) is 8.58. The van der Waals surface area contributed by atoms with E-state index in [1.807, 2.05) is 0 Å². The Morgan fingerprint density at radius 1 is 1.13 bits per heavy atom. The van der Waals surface area contributed by atoms with Crippen molar-refractivity contribution in [1.29, 1.82) is 0 Å². The summed E-state index contributed by atoms with van der Waals surface area (Å²) in [7, 11) is -3.88. The predicted molar refractivity (Wildman–Crippen MR) is 113 cm³/mol. The number of nitrogens with one attached hydrogen (secondary N) is 1. The van der Waals surface area contributed by atoms with E-state index in [1.165, 1.54) is 30.8 Å². The summed E-state index contributed by atoms with van der Waals surface area (Å²) >= 11 is 1.37. The number of rotatable bonds is 8. The minimum atomic E-state index is -3.88. The third-order valence-electron chi connectivity index (χ3n) is 3.96. The van der Waals surface area contributed by atoms with E-state index >= 15 is 0 Å². The topological polar surface area (TPSA) is 150 Å². The van der Waals surface area contributed by atoms with Crippen molar-refractivity contribution >= 4 is 50.6 Å². The van der Waals surface area contributed by atoms with Gasteiger partial charge in [0, 0.05) is 29.7 Å². The van der Waals surface area contributed by atoms with Crippen LogP contribution in [0.25, 0.3) is 0 Å².